The summed E-state index contributed by atoms with van der Waals surface area (Å²) >= 11 is 2.79. The van der Waals surface area contributed by atoms with E-state index in [4.69, 9.17) is 9.84 Å². The van der Waals surface area contributed by atoms with Crippen LogP contribution < -0.4 is 14.9 Å². The molecule has 1 saturated heterocycles. The number of carbonyl (C=O) groups excluding carboxylic acids is 3. The van der Waals surface area contributed by atoms with E-state index < -0.39 is 17.8 Å². The molecule has 3 fully saturated rings. The van der Waals surface area contributed by atoms with Crippen molar-refractivity contribution in [1.82, 2.24) is 9.88 Å². The summed E-state index contributed by atoms with van der Waals surface area (Å²) in [5.41, 5.74) is 1.67. The predicted molar refractivity (Wildman–Crippen MR) is 154 cm³/mol. The lowest BCUT2D eigenvalue weighted by Crippen LogP contribution is -2.42. The van der Waals surface area contributed by atoms with Crippen LogP contribution in [-0.2, 0) is 19.2 Å². The first-order chi connectivity index (χ1) is 20.3. The lowest BCUT2D eigenvalue weighted by Gasteiger charge is -2.43. The molecule has 2 aromatic carbocycles. The molecule has 2 bridgehead atoms. The number of likely N-dealkylation sites (tertiary alicyclic amines) is 1. The summed E-state index contributed by atoms with van der Waals surface area (Å²) in [6, 6.07) is 16.6. The maximum atomic E-state index is 13.5. The van der Waals surface area contributed by atoms with E-state index in [2.05, 4.69) is 10.3 Å². The fourth-order valence-corrected chi connectivity index (χ4v) is 10.4. The number of carboxylic acid groups (broad SMARTS) is 1. The first-order valence-corrected chi connectivity index (χ1v) is 15.5. The molecule has 1 aromatic heterocycles. The molecule has 12 heteroatoms. The fourth-order valence-electron chi connectivity index (χ4n) is 7.52. The van der Waals surface area contributed by atoms with Gasteiger partial charge in [0.15, 0.2) is 6.61 Å². The number of aliphatic carboxylic acids is 1. The summed E-state index contributed by atoms with van der Waals surface area (Å²) in [7, 11) is 0. The number of benzene rings is 2. The first kappa shape index (κ1) is 27.0. The fraction of sp³-hybridized carbons (Fsp3) is 0.367. The number of thioether (sulfide) groups is 1. The molecule has 216 valence electrons. The van der Waals surface area contributed by atoms with E-state index in [9.17, 15) is 24.0 Å². The number of aromatic amines is 1. The number of hydrogen-bond donors (Lipinski definition) is 3. The Labute approximate surface area is 248 Å². The summed E-state index contributed by atoms with van der Waals surface area (Å²) in [6.45, 7) is -0.249. The third-order valence-corrected chi connectivity index (χ3v) is 11.6. The van der Waals surface area contributed by atoms with Gasteiger partial charge < -0.3 is 20.1 Å². The van der Waals surface area contributed by atoms with Gasteiger partial charge in [-0.3, -0.25) is 28.9 Å². The number of rotatable bonds is 8. The maximum absolute atomic E-state index is 13.5. The topological polar surface area (TPSA) is 146 Å². The van der Waals surface area contributed by atoms with Gasteiger partial charge in [-0.05, 0) is 54.0 Å². The molecule has 3 amide bonds. The average molecular weight is 606 g/mol. The van der Waals surface area contributed by atoms with Gasteiger partial charge in [-0.25, -0.2) is 0 Å². The van der Waals surface area contributed by atoms with Gasteiger partial charge in [0.2, 0.25) is 11.8 Å². The van der Waals surface area contributed by atoms with Gasteiger partial charge in [0.1, 0.15) is 5.75 Å². The molecule has 7 atom stereocenters. The van der Waals surface area contributed by atoms with E-state index >= 15 is 0 Å². The molecular formula is C30H27N3O7S2. The number of aromatic nitrogens is 1. The highest BCUT2D eigenvalue weighted by molar-refractivity contribution is 8.00. The van der Waals surface area contributed by atoms with Crippen molar-refractivity contribution in [3.63, 3.8) is 0 Å². The first-order valence-electron chi connectivity index (χ1n) is 13.8. The van der Waals surface area contributed by atoms with E-state index in [1.54, 1.807) is 23.9 Å². The number of nitrogens with one attached hydrogen (secondary N) is 2. The SMILES string of the molecule is O=C(O)CCN1C(=O)C2C3CC(C2C1=O)C1C3Sc2[nH]c(=O)sc2[C@@H]1c1ccc(OCC(=O)Nc2ccccc2)cc1. The number of amides is 3. The molecule has 7 rings (SSSR count). The second-order valence-corrected chi connectivity index (χ2v) is 13.4. The number of thiazole rings is 1. The Morgan fingerprint density at radius 1 is 1.00 bits per heavy atom. The van der Waals surface area contributed by atoms with Gasteiger partial charge in [-0.1, -0.05) is 41.7 Å². The van der Waals surface area contributed by atoms with Gasteiger partial charge in [0, 0.05) is 28.3 Å². The highest BCUT2D eigenvalue weighted by atomic mass is 32.2. The van der Waals surface area contributed by atoms with E-state index in [-0.39, 0.29) is 71.1 Å². The summed E-state index contributed by atoms with van der Waals surface area (Å²) in [6.07, 6.45) is 0.493. The van der Waals surface area contributed by atoms with Crippen molar-refractivity contribution in [2.45, 2.75) is 29.0 Å². The minimum absolute atomic E-state index is 0.0222. The molecule has 42 heavy (non-hydrogen) atoms. The summed E-state index contributed by atoms with van der Waals surface area (Å²) in [5.74, 6) is -2.35. The Morgan fingerprint density at radius 2 is 1.71 bits per heavy atom. The number of hydrogen-bond acceptors (Lipinski definition) is 8. The summed E-state index contributed by atoms with van der Waals surface area (Å²) in [5, 5.41) is 12.8. The minimum Gasteiger partial charge on any atom is -0.484 e. The summed E-state index contributed by atoms with van der Waals surface area (Å²) < 4.78 is 5.73. The zero-order valence-corrected chi connectivity index (χ0v) is 23.9. The Morgan fingerprint density at radius 3 is 2.43 bits per heavy atom. The second-order valence-electron chi connectivity index (χ2n) is 11.2. The van der Waals surface area contributed by atoms with Gasteiger partial charge in [0.05, 0.1) is 23.3 Å². The number of fused-ring (bicyclic) bond motifs is 9. The molecule has 2 aliphatic carbocycles. The molecule has 2 saturated carbocycles. The Balaban J connectivity index is 1.13. The highest BCUT2D eigenvalue weighted by Gasteiger charge is 2.69. The van der Waals surface area contributed by atoms with Gasteiger partial charge in [0.25, 0.3) is 5.91 Å². The largest absolute Gasteiger partial charge is 0.484 e. The van der Waals surface area contributed by atoms with E-state index in [1.807, 2.05) is 42.5 Å². The normalized spacial score (nSPS) is 28.8. The minimum atomic E-state index is -1.04. The van der Waals surface area contributed by atoms with Crippen molar-refractivity contribution in [2.75, 3.05) is 18.5 Å². The standard InChI is InChI=1S/C30H27N3O7S2/c34-19(31-15-4-2-1-3-5-15)13-40-16-8-6-14(7-9-16)21-22-17-12-18(25(22)41-27-26(21)42-30(39)32-27)24-23(17)28(37)33(29(24)38)11-10-20(35)36/h1-9,17-18,21-25H,10-13H2,(H,31,34)(H,32,39)(H,35,36)/t17?,18?,21-,22?,23?,24?,25?/m1/s1. The number of carboxylic acids is 1. The molecule has 2 aliphatic heterocycles. The quantitative estimate of drug-likeness (QED) is 0.331. The molecule has 0 spiro atoms. The Hall–Kier alpha value is -3.90. The average Bonchev–Trinajstić information content (AvgIpc) is 3.71. The lowest BCUT2D eigenvalue weighted by molar-refractivity contribution is -0.142. The monoisotopic (exact) mass is 605 g/mol. The van der Waals surface area contributed by atoms with Crippen LogP contribution in [0, 0.1) is 29.6 Å². The molecule has 6 unspecified atom stereocenters. The predicted octanol–water partition coefficient (Wildman–Crippen LogP) is 3.40. The molecule has 10 nitrogen and oxygen atoms in total. The van der Waals surface area contributed by atoms with Crippen LogP contribution in [0.3, 0.4) is 0 Å². The van der Waals surface area contributed by atoms with Crippen LogP contribution in [0.5, 0.6) is 5.75 Å². The van der Waals surface area contributed by atoms with Crippen LogP contribution in [0.2, 0.25) is 0 Å². The molecule has 3 aromatic rings. The van der Waals surface area contributed by atoms with Crippen molar-refractivity contribution in [3.05, 3.63) is 74.7 Å². The lowest BCUT2D eigenvalue weighted by atomic mass is 9.68. The van der Waals surface area contributed by atoms with Crippen molar-refractivity contribution in [2.24, 2.45) is 29.6 Å². The zero-order chi connectivity index (χ0) is 29.1. The number of anilines is 1. The van der Waals surface area contributed by atoms with E-state index in [0.717, 1.165) is 26.8 Å². The van der Waals surface area contributed by atoms with Crippen LogP contribution in [0.1, 0.15) is 29.2 Å². The Kier molecular flexibility index (Phi) is 6.69. The molecule has 3 heterocycles. The van der Waals surface area contributed by atoms with Crippen molar-refractivity contribution in [1.29, 1.82) is 0 Å². The van der Waals surface area contributed by atoms with Gasteiger partial charge in [-0.2, -0.15) is 0 Å². The van der Waals surface area contributed by atoms with Crippen molar-refractivity contribution < 1.29 is 29.0 Å². The number of carbonyl (C=O) groups is 4. The van der Waals surface area contributed by atoms with Crippen molar-refractivity contribution >= 4 is 52.5 Å². The third-order valence-electron chi connectivity index (χ3n) is 9.03. The zero-order valence-electron chi connectivity index (χ0n) is 22.2. The number of para-hydroxylation sites is 1. The number of imide groups is 1. The van der Waals surface area contributed by atoms with Crippen LogP contribution in [0.15, 0.2) is 64.4 Å². The van der Waals surface area contributed by atoms with Crippen LogP contribution >= 0.6 is 23.1 Å². The number of ether oxygens (including phenoxy) is 1. The van der Waals surface area contributed by atoms with E-state index in [1.165, 1.54) is 11.3 Å². The molecule has 0 radical (unpaired) electrons. The number of H-pyrrole nitrogens is 1. The third kappa shape index (κ3) is 4.44. The second kappa shape index (κ2) is 10.4. The van der Waals surface area contributed by atoms with Crippen LogP contribution in [0.25, 0.3) is 0 Å². The Bertz CT molecular complexity index is 1640. The molecule has 3 N–H and O–H groups in total. The summed E-state index contributed by atoms with van der Waals surface area (Å²) in [4.78, 5) is 67.7. The smallest absolute Gasteiger partial charge is 0.305 e. The van der Waals surface area contributed by atoms with Crippen molar-refractivity contribution in [3.8, 4) is 5.75 Å². The van der Waals surface area contributed by atoms with Crippen LogP contribution in [-0.4, -0.2) is 57.1 Å². The van der Waals surface area contributed by atoms with E-state index in [0.29, 0.717) is 11.4 Å². The maximum Gasteiger partial charge on any atom is 0.305 e. The van der Waals surface area contributed by atoms with Gasteiger partial charge >= 0.3 is 10.8 Å². The highest BCUT2D eigenvalue weighted by Crippen LogP contribution is 2.68. The van der Waals surface area contributed by atoms with Gasteiger partial charge in [-0.15, -0.1) is 11.8 Å². The molecular weight excluding hydrogens is 578 g/mol. The molecule has 4 aliphatic rings. The van der Waals surface area contributed by atoms with Crippen LogP contribution in [0.4, 0.5) is 5.69 Å². The number of nitrogens with zero attached hydrogens (tertiary/aromatic N) is 1.